The normalized spacial score (nSPS) is 15.8. The number of halogens is 1. The van der Waals surface area contributed by atoms with Crippen molar-refractivity contribution in [2.24, 2.45) is 0 Å². The standard InChI is InChI=1S/C31H25FN4O3/c1-17-2-3-21(29(38)34-31(12-13-31)30-33-28(35-36-30)19-4-5-19)15-23(17)20-8-11-26-24(14-20)25(16-37)27(39-26)18-6-9-22(32)10-7-18/h2-3,6-11,14-16,19H,4-5,12-13H2,1H3,(H,34,38)(H,33,35,36). The molecule has 2 heterocycles. The van der Waals surface area contributed by atoms with Gasteiger partial charge in [0.05, 0.1) is 5.56 Å². The van der Waals surface area contributed by atoms with E-state index >= 15 is 0 Å². The molecule has 2 aliphatic rings. The number of rotatable bonds is 7. The Balaban J connectivity index is 1.20. The van der Waals surface area contributed by atoms with Gasteiger partial charge in [-0.25, -0.2) is 9.37 Å². The molecule has 0 bridgehead atoms. The lowest BCUT2D eigenvalue weighted by molar-refractivity contribution is 0.0928. The van der Waals surface area contributed by atoms with Crippen LogP contribution in [0.1, 0.15) is 69.5 Å². The fraction of sp³-hybridized carbons (Fsp3) is 0.226. The number of benzene rings is 3. The SMILES string of the molecule is Cc1ccc(C(=O)NC2(c3n[nH]c(C4CC4)n3)CC2)cc1-c1ccc2oc(-c3ccc(F)cc3)c(C=O)c2c1. The number of amides is 1. The van der Waals surface area contributed by atoms with Crippen molar-refractivity contribution in [1.29, 1.82) is 0 Å². The van der Waals surface area contributed by atoms with Gasteiger partial charge in [0.25, 0.3) is 5.91 Å². The van der Waals surface area contributed by atoms with Gasteiger partial charge in [0.15, 0.2) is 12.1 Å². The first-order valence-corrected chi connectivity index (χ1v) is 13.1. The van der Waals surface area contributed by atoms with E-state index in [1.54, 1.807) is 12.1 Å². The van der Waals surface area contributed by atoms with E-state index in [2.05, 4.69) is 20.5 Å². The smallest absolute Gasteiger partial charge is 0.252 e. The van der Waals surface area contributed by atoms with Gasteiger partial charge >= 0.3 is 0 Å². The second kappa shape index (κ2) is 8.73. The predicted molar refractivity (Wildman–Crippen MR) is 144 cm³/mol. The largest absolute Gasteiger partial charge is 0.455 e. The average Bonchev–Trinajstić information content (AvgIpc) is 3.86. The van der Waals surface area contributed by atoms with Crippen LogP contribution >= 0.6 is 0 Å². The van der Waals surface area contributed by atoms with Gasteiger partial charge in [-0.3, -0.25) is 14.7 Å². The van der Waals surface area contributed by atoms with E-state index in [4.69, 9.17) is 4.42 Å². The zero-order valence-electron chi connectivity index (χ0n) is 21.3. The van der Waals surface area contributed by atoms with E-state index in [-0.39, 0.29) is 11.7 Å². The number of carbonyl (C=O) groups excluding carboxylic acids is 2. The summed E-state index contributed by atoms with van der Waals surface area (Å²) in [7, 11) is 0. The van der Waals surface area contributed by atoms with Crippen molar-refractivity contribution in [1.82, 2.24) is 20.5 Å². The minimum Gasteiger partial charge on any atom is -0.455 e. The Bertz CT molecular complexity index is 1760. The van der Waals surface area contributed by atoms with Crippen molar-refractivity contribution >= 4 is 23.2 Å². The zero-order valence-corrected chi connectivity index (χ0v) is 21.3. The first-order valence-electron chi connectivity index (χ1n) is 13.1. The molecule has 0 saturated heterocycles. The van der Waals surface area contributed by atoms with Crippen LogP contribution in [-0.2, 0) is 5.54 Å². The summed E-state index contributed by atoms with van der Waals surface area (Å²) in [6.07, 6.45) is 4.64. The monoisotopic (exact) mass is 520 g/mol. The first kappa shape index (κ1) is 23.5. The van der Waals surface area contributed by atoms with Gasteiger partial charge in [-0.2, -0.15) is 5.10 Å². The van der Waals surface area contributed by atoms with Gasteiger partial charge in [0.2, 0.25) is 0 Å². The molecule has 5 aromatic rings. The lowest BCUT2D eigenvalue weighted by Gasteiger charge is -2.15. The number of aromatic nitrogens is 3. The van der Waals surface area contributed by atoms with Gasteiger partial charge in [-0.15, -0.1) is 0 Å². The quantitative estimate of drug-likeness (QED) is 0.241. The third kappa shape index (κ3) is 4.12. The molecule has 7 nitrogen and oxygen atoms in total. The number of H-pyrrole nitrogens is 1. The van der Waals surface area contributed by atoms with E-state index in [0.29, 0.717) is 45.2 Å². The van der Waals surface area contributed by atoms with Gasteiger partial charge in [-0.1, -0.05) is 12.1 Å². The second-order valence-corrected chi connectivity index (χ2v) is 10.6. The minimum absolute atomic E-state index is 0.178. The Hall–Kier alpha value is -4.59. The van der Waals surface area contributed by atoms with Crippen molar-refractivity contribution in [2.45, 2.75) is 44.1 Å². The summed E-state index contributed by atoms with van der Waals surface area (Å²) in [5.41, 5.74) is 4.32. The summed E-state index contributed by atoms with van der Waals surface area (Å²) in [6.45, 7) is 1.98. The van der Waals surface area contributed by atoms with Crippen molar-refractivity contribution in [3.05, 3.63) is 94.8 Å². The lowest BCUT2D eigenvalue weighted by atomic mass is 9.96. The van der Waals surface area contributed by atoms with Crippen LogP contribution in [0.25, 0.3) is 33.4 Å². The highest BCUT2D eigenvalue weighted by atomic mass is 19.1. The van der Waals surface area contributed by atoms with Gasteiger partial charge in [0.1, 0.15) is 28.5 Å². The maximum absolute atomic E-state index is 13.4. The maximum atomic E-state index is 13.4. The Kier molecular flexibility index (Phi) is 5.26. The van der Waals surface area contributed by atoms with Crippen molar-refractivity contribution in [3.8, 4) is 22.5 Å². The molecule has 2 N–H and O–H groups in total. The van der Waals surface area contributed by atoms with E-state index in [1.165, 1.54) is 12.1 Å². The fourth-order valence-electron chi connectivity index (χ4n) is 5.14. The van der Waals surface area contributed by atoms with Crippen LogP contribution < -0.4 is 5.32 Å². The number of aldehydes is 1. The molecule has 194 valence electrons. The third-order valence-electron chi connectivity index (χ3n) is 7.76. The lowest BCUT2D eigenvalue weighted by Crippen LogP contribution is -2.35. The minimum atomic E-state index is -0.517. The van der Waals surface area contributed by atoms with E-state index in [1.807, 2.05) is 43.3 Å². The number of aryl methyl sites for hydroxylation is 1. The van der Waals surface area contributed by atoms with Crippen molar-refractivity contribution < 1.29 is 18.4 Å². The third-order valence-corrected chi connectivity index (χ3v) is 7.76. The van der Waals surface area contributed by atoms with E-state index < -0.39 is 5.54 Å². The first-order chi connectivity index (χ1) is 18.9. The molecule has 2 fully saturated rings. The highest BCUT2D eigenvalue weighted by Gasteiger charge is 2.50. The van der Waals surface area contributed by atoms with Crippen molar-refractivity contribution in [2.75, 3.05) is 0 Å². The van der Waals surface area contributed by atoms with Crippen LogP contribution in [0.4, 0.5) is 4.39 Å². The average molecular weight is 521 g/mol. The molecule has 0 spiro atoms. The van der Waals surface area contributed by atoms with Gasteiger partial charge in [-0.05, 0) is 97.8 Å². The molecule has 3 aromatic carbocycles. The Morgan fingerprint density at radius 1 is 1.08 bits per heavy atom. The van der Waals surface area contributed by atoms with Crippen LogP contribution in [0.15, 0.2) is 65.1 Å². The molecule has 0 unspecified atom stereocenters. The number of hydrogen-bond acceptors (Lipinski definition) is 5. The Morgan fingerprint density at radius 3 is 2.56 bits per heavy atom. The molecule has 2 saturated carbocycles. The number of hydrogen-bond donors (Lipinski definition) is 2. The number of furan rings is 1. The highest BCUT2D eigenvalue weighted by Crippen LogP contribution is 2.46. The van der Waals surface area contributed by atoms with E-state index in [9.17, 15) is 14.0 Å². The van der Waals surface area contributed by atoms with E-state index in [0.717, 1.165) is 54.5 Å². The molecule has 2 aliphatic carbocycles. The summed E-state index contributed by atoms with van der Waals surface area (Å²) in [5, 5.41) is 11.3. The molecular weight excluding hydrogens is 495 g/mol. The van der Waals surface area contributed by atoms with Gasteiger partial charge < -0.3 is 9.73 Å². The van der Waals surface area contributed by atoms with Gasteiger partial charge in [0, 0.05) is 22.4 Å². The van der Waals surface area contributed by atoms with Crippen LogP contribution in [0.5, 0.6) is 0 Å². The molecule has 0 radical (unpaired) electrons. The molecule has 2 aromatic heterocycles. The van der Waals surface area contributed by atoms with Crippen LogP contribution in [-0.4, -0.2) is 27.4 Å². The summed E-state index contributed by atoms with van der Waals surface area (Å²) >= 11 is 0. The zero-order chi connectivity index (χ0) is 26.7. The molecule has 0 aliphatic heterocycles. The molecule has 1 amide bonds. The topological polar surface area (TPSA) is 101 Å². The second-order valence-electron chi connectivity index (χ2n) is 10.6. The molecule has 39 heavy (non-hydrogen) atoms. The number of fused-ring (bicyclic) bond motifs is 1. The summed E-state index contributed by atoms with van der Waals surface area (Å²) < 4.78 is 19.4. The number of nitrogens with zero attached hydrogens (tertiary/aromatic N) is 2. The van der Waals surface area contributed by atoms with Crippen molar-refractivity contribution in [3.63, 3.8) is 0 Å². The summed E-state index contributed by atoms with van der Waals surface area (Å²) in [5.74, 6) is 1.90. The molecule has 7 rings (SSSR count). The molecular formula is C31H25FN4O3. The number of carbonyl (C=O) groups is 2. The maximum Gasteiger partial charge on any atom is 0.252 e. The Morgan fingerprint density at radius 2 is 1.85 bits per heavy atom. The van der Waals surface area contributed by atoms with Crippen LogP contribution in [0.3, 0.4) is 0 Å². The summed E-state index contributed by atoms with van der Waals surface area (Å²) in [4.78, 5) is 30.1. The summed E-state index contributed by atoms with van der Waals surface area (Å²) in [6, 6.07) is 17.1. The van der Waals surface area contributed by atoms with Crippen LogP contribution in [0.2, 0.25) is 0 Å². The fourth-order valence-corrected chi connectivity index (χ4v) is 5.14. The van der Waals surface area contributed by atoms with Crippen LogP contribution in [0, 0.1) is 12.7 Å². The molecule has 0 atom stereocenters. The number of nitrogens with one attached hydrogen (secondary N) is 2. The molecule has 8 heteroatoms. The highest BCUT2D eigenvalue weighted by molar-refractivity contribution is 6.04. The number of aromatic amines is 1. The predicted octanol–water partition coefficient (Wildman–Crippen LogP) is 6.44. The Labute approximate surface area is 223 Å².